The lowest BCUT2D eigenvalue weighted by atomic mass is 10.1. The number of aryl methyl sites for hydroxylation is 1. The average molecular weight is 347 g/mol. The monoisotopic (exact) mass is 346 g/mol. The molecule has 0 aliphatic carbocycles. The van der Waals surface area contributed by atoms with E-state index >= 15 is 0 Å². The summed E-state index contributed by atoms with van der Waals surface area (Å²) in [6.07, 6.45) is 15.9. The van der Waals surface area contributed by atoms with Crippen molar-refractivity contribution in [3.05, 3.63) is 35.4 Å². The highest BCUT2D eigenvalue weighted by atomic mass is 16.5. The van der Waals surface area contributed by atoms with Crippen molar-refractivity contribution in [2.24, 2.45) is 0 Å². The van der Waals surface area contributed by atoms with E-state index in [0.29, 0.717) is 13.0 Å². The minimum atomic E-state index is -0.0539. The third-order valence-corrected chi connectivity index (χ3v) is 4.87. The second kappa shape index (κ2) is 15.0. The number of hydrogen-bond acceptors (Lipinski definition) is 2. The van der Waals surface area contributed by atoms with Crippen LogP contribution in [0.15, 0.2) is 24.3 Å². The topological polar surface area (TPSA) is 26.3 Å². The number of carbonyl (C=O) groups excluding carboxylic acids is 1. The fourth-order valence-corrected chi connectivity index (χ4v) is 3.21. The van der Waals surface area contributed by atoms with E-state index in [9.17, 15) is 4.79 Å². The molecule has 0 unspecified atom stereocenters. The summed E-state index contributed by atoms with van der Waals surface area (Å²) in [5.41, 5.74) is 2.40. The molecule has 2 heteroatoms. The fourth-order valence-electron chi connectivity index (χ4n) is 3.21. The van der Waals surface area contributed by atoms with Gasteiger partial charge in [0.15, 0.2) is 0 Å². The van der Waals surface area contributed by atoms with Gasteiger partial charge in [0.25, 0.3) is 0 Å². The molecule has 1 rings (SSSR count). The fraction of sp³-hybridized carbons (Fsp3) is 0.696. The van der Waals surface area contributed by atoms with Gasteiger partial charge in [-0.15, -0.1) is 0 Å². The Morgan fingerprint density at radius 3 is 1.84 bits per heavy atom. The van der Waals surface area contributed by atoms with Crippen molar-refractivity contribution in [3.63, 3.8) is 0 Å². The van der Waals surface area contributed by atoms with Crippen LogP contribution < -0.4 is 0 Å². The van der Waals surface area contributed by atoms with Gasteiger partial charge in [-0.1, -0.05) is 102 Å². The standard InChI is InChI=1S/C23H38O2/c1-3-5-6-7-8-9-10-11-12-13-14-19-23(24)25-20-22-18-16-15-17-21(22)4-2/h15-18H,3-14,19-20H2,1-2H3. The van der Waals surface area contributed by atoms with Crippen LogP contribution in [-0.4, -0.2) is 5.97 Å². The van der Waals surface area contributed by atoms with Crippen LogP contribution in [0.25, 0.3) is 0 Å². The van der Waals surface area contributed by atoms with Crippen LogP contribution in [0.5, 0.6) is 0 Å². The van der Waals surface area contributed by atoms with Gasteiger partial charge in [-0.3, -0.25) is 4.79 Å². The average Bonchev–Trinajstić information content (AvgIpc) is 2.64. The zero-order valence-corrected chi connectivity index (χ0v) is 16.5. The summed E-state index contributed by atoms with van der Waals surface area (Å²) in [6, 6.07) is 8.20. The zero-order chi connectivity index (χ0) is 18.2. The summed E-state index contributed by atoms with van der Waals surface area (Å²) in [7, 11) is 0. The minimum absolute atomic E-state index is 0.0539. The number of rotatable bonds is 15. The molecule has 0 aliphatic rings. The molecule has 0 atom stereocenters. The lowest BCUT2D eigenvalue weighted by Crippen LogP contribution is -2.05. The lowest BCUT2D eigenvalue weighted by molar-refractivity contribution is -0.145. The number of ether oxygens (including phenoxy) is 1. The van der Waals surface area contributed by atoms with Crippen molar-refractivity contribution in [1.29, 1.82) is 0 Å². The molecule has 0 saturated carbocycles. The molecule has 0 aromatic heterocycles. The van der Waals surface area contributed by atoms with Gasteiger partial charge < -0.3 is 4.74 Å². The van der Waals surface area contributed by atoms with Crippen molar-refractivity contribution in [2.75, 3.05) is 0 Å². The molecule has 0 bridgehead atoms. The zero-order valence-electron chi connectivity index (χ0n) is 16.5. The van der Waals surface area contributed by atoms with Crippen LogP contribution in [0.2, 0.25) is 0 Å². The predicted molar refractivity (Wildman–Crippen MR) is 107 cm³/mol. The van der Waals surface area contributed by atoms with Crippen molar-refractivity contribution < 1.29 is 9.53 Å². The summed E-state index contributed by atoms with van der Waals surface area (Å²) in [5, 5.41) is 0. The molecule has 2 nitrogen and oxygen atoms in total. The summed E-state index contributed by atoms with van der Waals surface area (Å²) in [5.74, 6) is -0.0539. The molecule has 0 heterocycles. The molecule has 0 N–H and O–H groups in total. The minimum Gasteiger partial charge on any atom is -0.461 e. The Balaban J connectivity index is 1.95. The molecule has 0 radical (unpaired) electrons. The first-order chi connectivity index (χ1) is 12.3. The molecule has 142 valence electrons. The Kier molecular flexibility index (Phi) is 13.0. The van der Waals surface area contributed by atoms with Crippen LogP contribution in [0, 0.1) is 0 Å². The largest absolute Gasteiger partial charge is 0.461 e. The maximum Gasteiger partial charge on any atom is 0.306 e. The first-order valence-corrected chi connectivity index (χ1v) is 10.5. The number of unbranched alkanes of at least 4 members (excludes halogenated alkanes) is 10. The summed E-state index contributed by atoms with van der Waals surface area (Å²) in [6.45, 7) is 4.81. The van der Waals surface area contributed by atoms with Gasteiger partial charge in [-0.05, 0) is 24.0 Å². The summed E-state index contributed by atoms with van der Waals surface area (Å²) < 4.78 is 5.42. The summed E-state index contributed by atoms with van der Waals surface area (Å²) in [4.78, 5) is 11.9. The highest BCUT2D eigenvalue weighted by Gasteiger charge is 2.05. The van der Waals surface area contributed by atoms with E-state index in [1.54, 1.807) is 0 Å². The van der Waals surface area contributed by atoms with E-state index < -0.39 is 0 Å². The SMILES string of the molecule is CCCCCCCCCCCCCC(=O)OCc1ccccc1CC. The van der Waals surface area contributed by atoms with E-state index in [4.69, 9.17) is 4.74 Å². The lowest BCUT2D eigenvalue weighted by Gasteiger charge is -2.09. The van der Waals surface area contributed by atoms with Crippen molar-refractivity contribution in [1.82, 2.24) is 0 Å². The Morgan fingerprint density at radius 2 is 1.28 bits per heavy atom. The number of esters is 1. The first kappa shape index (κ1) is 21.7. The molecule has 25 heavy (non-hydrogen) atoms. The third-order valence-electron chi connectivity index (χ3n) is 4.87. The van der Waals surface area contributed by atoms with Crippen LogP contribution >= 0.6 is 0 Å². The van der Waals surface area contributed by atoms with Crippen LogP contribution in [-0.2, 0) is 22.6 Å². The number of hydrogen-bond donors (Lipinski definition) is 0. The van der Waals surface area contributed by atoms with Crippen LogP contribution in [0.1, 0.15) is 102 Å². The van der Waals surface area contributed by atoms with E-state index in [0.717, 1.165) is 24.8 Å². The second-order valence-electron chi connectivity index (χ2n) is 7.07. The molecule has 0 amide bonds. The quantitative estimate of drug-likeness (QED) is 0.252. The first-order valence-electron chi connectivity index (χ1n) is 10.5. The molecule has 0 fully saturated rings. The molecule has 0 spiro atoms. The van der Waals surface area contributed by atoms with Gasteiger partial charge >= 0.3 is 5.97 Å². The van der Waals surface area contributed by atoms with Gasteiger partial charge in [-0.25, -0.2) is 0 Å². The van der Waals surface area contributed by atoms with Crippen molar-refractivity contribution >= 4 is 5.97 Å². The number of carbonyl (C=O) groups is 1. The van der Waals surface area contributed by atoms with Crippen molar-refractivity contribution in [2.45, 2.75) is 104 Å². The Morgan fingerprint density at radius 1 is 0.760 bits per heavy atom. The van der Waals surface area contributed by atoms with Gasteiger partial charge in [0.1, 0.15) is 6.61 Å². The molecule has 0 saturated heterocycles. The molecule has 1 aromatic carbocycles. The Bertz CT molecular complexity index is 453. The Hall–Kier alpha value is -1.31. The normalized spacial score (nSPS) is 10.8. The smallest absolute Gasteiger partial charge is 0.306 e. The van der Waals surface area contributed by atoms with E-state index in [1.807, 2.05) is 18.2 Å². The molecule has 1 aromatic rings. The van der Waals surface area contributed by atoms with Crippen LogP contribution in [0.3, 0.4) is 0 Å². The van der Waals surface area contributed by atoms with Gasteiger partial charge in [-0.2, -0.15) is 0 Å². The van der Waals surface area contributed by atoms with Crippen LogP contribution in [0.4, 0.5) is 0 Å². The maximum absolute atomic E-state index is 11.9. The second-order valence-corrected chi connectivity index (χ2v) is 7.07. The van der Waals surface area contributed by atoms with Gasteiger partial charge in [0.05, 0.1) is 0 Å². The summed E-state index contributed by atoms with van der Waals surface area (Å²) >= 11 is 0. The molecule has 0 aliphatic heterocycles. The highest BCUT2D eigenvalue weighted by molar-refractivity contribution is 5.69. The maximum atomic E-state index is 11.9. The highest BCUT2D eigenvalue weighted by Crippen LogP contribution is 2.13. The molecular weight excluding hydrogens is 308 g/mol. The van der Waals surface area contributed by atoms with E-state index in [2.05, 4.69) is 19.9 Å². The third kappa shape index (κ3) is 11.0. The van der Waals surface area contributed by atoms with Gasteiger partial charge in [0, 0.05) is 6.42 Å². The van der Waals surface area contributed by atoms with Gasteiger partial charge in [0.2, 0.25) is 0 Å². The predicted octanol–water partition coefficient (Wildman–Crippen LogP) is 6.99. The van der Waals surface area contributed by atoms with E-state index in [1.165, 1.54) is 63.4 Å². The number of benzene rings is 1. The Labute approximate surface area is 155 Å². The molecular formula is C23H38O2. The van der Waals surface area contributed by atoms with E-state index in [-0.39, 0.29) is 5.97 Å². The van der Waals surface area contributed by atoms with Crippen molar-refractivity contribution in [3.8, 4) is 0 Å².